The van der Waals surface area contributed by atoms with Crippen LogP contribution < -0.4 is 10.1 Å². The molecule has 0 bridgehead atoms. The molecule has 1 N–H and O–H groups in total. The molecule has 0 spiro atoms. The lowest BCUT2D eigenvalue weighted by atomic mass is 10.0. The number of nitrogens with one attached hydrogen (secondary N) is 1. The normalized spacial score (nSPS) is 14.7. The number of ether oxygens (including phenoxy) is 2. The maximum absolute atomic E-state index is 15.3. The van der Waals surface area contributed by atoms with Crippen LogP contribution in [0.2, 0.25) is 0 Å². The first kappa shape index (κ1) is 25.2. The molecule has 1 atom stereocenters. The number of allylic oxidation sites excluding steroid dienone is 1. The van der Waals surface area contributed by atoms with E-state index in [1.54, 1.807) is 32.2 Å². The number of imidazole rings is 1. The highest BCUT2D eigenvalue weighted by Crippen LogP contribution is 2.38. The van der Waals surface area contributed by atoms with E-state index in [2.05, 4.69) is 21.9 Å². The van der Waals surface area contributed by atoms with Gasteiger partial charge in [-0.25, -0.2) is 19.2 Å². The van der Waals surface area contributed by atoms with Crippen LogP contribution in [0, 0.1) is 5.82 Å². The fraction of sp³-hybridized carbons (Fsp3) is 0.286. The molecule has 0 radical (unpaired) electrons. The number of nitrogens with zero attached hydrogens (tertiary/aromatic N) is 4. The Labute approximate surface area is 218 Å². The molecule has 1 unspecified atom stereocenters. The molecule has 0 saturated heterocycles. The van der Waals surface area contributed by atoms with Crippen LogP contribution in [0.15, 0.2) is 49.4 Å². The van der Waals surface area contributed by atoms with Crippen LogP contribution in [-0.4, -0.2) is 50.5 Å². The summed E-state index contributed by atoms with van der Waals surface area (Å²) in [6.45, 7) is 11.4. The van der Waals surface area contributed by atoms with Gasteiger partial charge in [0, 0.05) is 18.7 Å². The largest absolute Gasteiger partial charge is 0.491 e. The summed E-state index contributed by atoms with van der Waals surface area (Å²) < 4.78 is 28.1. The van der Waals surface area contributed by atoms with Crippen LogP contribution in [0.3, 0.4) is 0 Å². The Morgan fingerprint density at radius 3 is 2.71 bits per heavy atom. The van der Waals surface area contributed by atoms with E-state index in [4.69, 9.17) is 9.47 Å². The van der Waals surface area contributed by atoms with Gasteiger partial charge in [0.15, 0.2) is 5.82 Å². The summed E-state index contributed by atoms with van der Waals surface area (Å²) in [5, 5.41) is 2.60. The van der Waals surface area contributed by atoms with Crippen molar-refractivity contribution in [2.45, 2.75) is 39.3 Å². The highest BCUT2D eigenvalue weighted by atomic mass is 19.1. The number of hydrogen-bond acceptors (Lipinski definition) is 6. The van der Waals surface area contributed by atoms with E-state index in [-0.39, 0.29) is 29.5 Å². The summed E-state index contributed by atoms with van der Waals surface area (Å²) >= 11 is 0. The smallest absolute Gasteiger partial charge is 0.413 e. The van der Waals surface area contributed by atoms with Gasteiger partial charge in [-0.1, -0.05) is 24.3 Å². The van der Waals surface area contributed by atoms with Crippen molar-refractivity contribution >= 4 is 39.9 Å². The van der Waals surface area contributed by atoms with Gasteiger partial charge in [0.2, 0.25) is 0 Å². The van der Waals surface area contributed by atoms with Crippen molar-refractivity contribution in [2.24, 2.45) is 0 Å². The first-order chi connectivity index (χ1) is 17.9. The predicted octanol–water partition coefficient (Wildman–Crippen LogP) is 5.61. The minimum absolute atomic E-state index is 0.114. The molecule has 1 aliphatic rings. The number of carbonyl (C=O) groups is 2. The third-order valence-corrected chi connectivity index (χ3v) is 6.34. The number of carbonyl (C=O) groups excluding carboxylic acids is 2. The zero-order chi connectivity index (χ0) is 27.4. The van der Waals surface area contributed by atoms with E-state index in [0.29, 0.717) is 16.8 Å². The Kier molecular flexibility index (Phi) is 6.05. The van der Waals surface area contributed by atoms with Gasteiger partial charge in [-0.05, 0) is 45.4 Å². The summed E-state index contributed by atoms with van der Waals surface area (Å²) in [5.74, 6) is -0.391. The Balaban J connectivity index is 1.49. The number of likely N-dealkylation sites (N-methyl/N-ethyl adjacent to an activating group) is 1. The Bertz CT molecular complexity index is 1620. The lowest BCUT2D eigenvalue weighted by Crippen LogP contribution is -2.32. The predicted molar refractivity (Wildman–Crippen MR) is 142 cm³/mol. The van der Waals surface area contributed by atoms with Crippen LogP contribution in [0.4, 0.5) is 15.0 Å². The Hall–Kier alpha value is -4.47. The maximum atomic E-state index is 15.3. The van der Waals surface area contributed by atoms with Crippen LogP contribution >= 0.6 is 0 Å². The zero-order valence-electron chi connectivity index (χ0n) is 21.8. The SMILES string of the molecule is C=C(C)c1ccc2c(c1)OCC2N(C)C(=O)c1cc2c(cc1F)nc(NC(=O)OC(C)(C)C)c1cncn12. The number of halogens is 1. The van der Waals surface area contributed by atoms with Crippen LogP contribution in [0.25, 0.3) is 22.1 Å². The fourth-order valence-electron chi connectivity index (χ4n) is 4.44. The number of aromatic nitrogens is 3. The third kappa shape index (κ3) is 4.53. The van der Waals surface area contributed by atoms with E-state index in [0.717, 1.165) is 16.7 Å². The summed E-state index contributed by atoms with van der Waals surface area (Å²) in [6, 6.07) is 7.99. The minimum Gasteiger partial charge on any atom is -0.491 e. The van der Waals surface area contributed by atoms with Crippen molar-refractivity contribution in [1.82, 2.24) is 19.3 Å². The fourth-order valence-corrected chi connectivity index (χ4v) is 4.44. The molecule has 3 heterocycles. The second-order valence-corrected chi connectivity index (χ2v) is 10.3. The molecule has 10 heteroatoms. The lowest BCUT2D eigenvalue weighted by molar-refractivity contribution is 0.0634. The first-order valence-electron chi connectivity index (χ1n) is 12.1. The van der Waals surface area contributed by atoms with Crippen molar-refractivity contribution in [1.29, 1.82) is 0 Å². The topological polar surface area (TPSA) is 98.1 Å². The minimum atomic E-state index is -0.735. The molecule has 38 heavy (non-hydrogen) atoms. The van der Waals surface area contributed by atoms with Crippen LogP contribution in [0.5, 0.6) is 5.75 Å². The second-order valence-electron chi connectivity index (χ2n) is 10.3. The van der Waals surface area contributed by atoms with Gasteiger partial charge in [-0.3, -0.25) is 14.5 Å². The van der Waals surface area contributed by atoms with Crippen LogP contribution in [0.1, 0.15) is 55.2 Å². The molecule has 0 saturated carbocycles. The van der Waals surface area contributed by atoms with Gasteiger partial charge in [0.05, 0.1) is 35.2 Å². The number of benzene rings is 2. The van der Waals surface area contributed by atoms with E-state index < -0.39 is 23.4 Å². The van der Waals surface area contributed by atoms with Gasteiger partial charge in [0.1, 0.15) is 29.3 Å². The Morgan fingerprint density at radius 2 is 2.00 bits per heavy atom. The van der Waals surface area contributed by atoms with E-state index in [1.807, 2.05) is 25.1 Å². The van der Waals surface area contributed by atoms with Gasteiger partial charge >= 0.3 is 6.09 Å². The molecular formula is C28H28FN5O4. The van der Waals surface area contributed by atoms with Gasteiger partial charge in [0.25, 0.3) is 5.91 Å². The standard InChI is InChI=1S/C28H28FN5O4/c1-15(2)16-7-8-17-23(13-37-24(17)9-16)33(6)26(35)18-10-21-20(11-19(18)29)31-25(22-12-30-14-34(21)22)32-27(36)38-28(3,4)5/h7-12,14,23H,1,13H2,2-6H3,(H,31,32,36). The van der Waals surface area contributed by atoms with Crippen LogP contribution in [-0.2, 0) is 4.74 Å². The first-order valence-corrected chi connectivity index (χ1v) is 12.1. The zero-order valence-corrected chi connectivity index (χ0v) is 21.8. The number of anilines is 1. The maximum Gasteiger partial charge on any atom is 0.413 e. The molecule has 2 aromatic heterocycles. The van der Waals surface area contributed by atoms with Gasteiger partial charge in [-0.2, -0.15) is 0 Å². The average molecular weight is 518 g/mol. The van der Waals surface area contributed by atoms with Crippen molar-refractivity contribution in [2.75, 3.05) is 19.0 Å². The lowest BCUT2D eigenvalue weighted by Gasteiger charge is -2.24. The number of rotatable bonds is 4. The highest BCUT2D eigenvalue weighted by molar-refractivity contribution is 5.99. The monoisotopic (exact) mass is 517 g/mol. The third-order valence-electron chi connectivity index (χ3n) is 6.34. The van der Waals surface area contributed by atoms with E-state index in [9.17, 15) is 9.59 Å². The molecule has 4 aromatic rings. The van der Waals surface area contributed by atoms with Crippen molar-refractivity contribution in [3.63, 3.8) is 0 Å². The number of amides is 2. The van der Waals surface area contributed by atoms with Gasteiger partial charge < -0.3 is 14.4 Å². The molecule has 1 aliphatic heterocycles. The number of hydrogen-bond donors (Lipinski definition) is 1. The molecular weight excluding hydrogens is 489 g/mol. The summed E-state index contributed by atoms with van der Waals surface area (Å²) in [6.07, 6.45) is 2.33. The number of fused-ring (bicyclic) bond motifs is 4. The molecule has 9 nitrogen and oxygen atoms in total. The van der Waals surface area contributed by atoms with E-state index >= 15 is 4.39 Å². The molecule has 2 amide bonds. The second kappa shape index (κ2) is 9.13. The van der Waals surface area contributed by atoms with Gasteiger partial charge in [-0.15, -0.1) is 0 Å². The quantitative estimate of drug-likeness (QED) is 0.378. The van der Waals surface area contributed by atoms with Crippen molar-refractivity contribution in [3.8, 4) is 5.75 Å². The van der Waals surface area contributed by atoms with E-state index in [1.165, 1.54) is 29.6 Å². The highest BCUT2D eigenvalue weighted by Gasteiger charge is 2.32. The molecule has 5 rings (SSSR count). The summed E-state index contributed by atoms with van der Waals surface area (Å²) in [5.41, 5.74) is 3.05. The van der Waals surface area contributed by atoms with Crippen molar-refractivity contribution < 1.29 is 23.5 Å². The van der Waals surface area contributed by atoms with Crippen molar-refractivity contribution in [3.05, 3.63) is 71.9 Å². The summed E-state index contributed by atoms with van der Waals surface area (Å²) in [4.78, 5) is 35.9. The molecule has 196 valence electrons. The average Bonchev–Trinajstić information content (AvgIpc) is 3.49. The molecule has 0 aliphatic carbocycles. The molecule has 2 aromatic carbocycles. The molecule has 0 fully saturated rings. The Morgan fingerprint density at radius 1 is 1.24 bits per heavy atom. The summed E-state index contributed by atoms with van der Waals surface area (Å²) in [7, 11) is 1.63.